The number of hydrogen-bond donors (Lipinski definition) is 0. The summed E-state index contributed by atoms with van der Waals surface area (Å²) in [5.74, 6) is -1.50. The Hall–Kier alpha value is -2.45. The zero-order chi connectivity index (χ0) is 17.9. The van der Waals surface area contributed by atoms with Gasteiger partial charge in [0.15, 0.2) is 0 Å². The van der Waals surface area contributed by atoms with Gasteiger partial charge in [0.1, 0.15) is 5.75 Å². The fraction of sp³-hybridized carbons (Fsp3) is 0.0667. The summed E-state index contributed by atoms with van der Waals surface area (Å²) in [7, 11) is 1.13. The first-order valence-corrected chi connectivity index (χ1v) is 7.54. The number of nitro groups is 1. The van der Waals surface area contributed by atoms with Crippen LogP contribution in [-0.2, 0) is 4.74 Å². The fourth-order valence-corrected chi connectivity index (χ4v) is 2.55. The highest BCUT2D eigenvalue weighted by atomic mass is 79.9. The molecule has 9 heteroatoms. The molecule has 2 rings (SSSR count). The standard InChI is InChI=1S/C15H9BrClNO6/c1-23-14(19)8-4-9(6-11(5-8)18(21)22)15(20)24-13-3-2-10(17)7-12(13)16/h2-7H,1H3. The molecular formula is C15H9BrClNO6. The first kappa shape index (κ1) is 17.9. The SMILES string of the molecule is COC(=O)c1cc(C(=O)Oc2ccc(Cl)cc2Br)cc([N+](=O)[O-])c1. The Morgan fingerprint density at radius 1 is 1.12 bits per heavy atom. The van der Waals surface area contributed by atoms with Crippen LogP contribution in [0.25, 0.3) is 0 Å². The van der Waals surface area contributed by atoms with Crippen LogP contribution in [0.5, 0.6) is 5.75 Å². The lowest BCUT2D eigenvalue weighted by Gasteiger charge is -2.08. The van der Waals surface area contributed by atoms with Gasteiger partial charge < -0.3 is 9.47 Å². The molecule has 24 heavy (non-hydrogen) atoms. The lowest BCUT2D eigenvalue weighted by Crippen LogP contribution is -2.11. The van der Waals surface area contributed by atoms with Gasteiger partial charge >= 0.3 is 11.9 Å². The Balaban J connectivity index is 2.39. The van der Waals surface area contributed by atoms with Crippen LogP contribution in [0, 0.1) is 10.1 Å². The molecule has 2 aromatic rings. The Labute approximate surface area is 149 Å². The van der Waals surface area contributed by atoms with Gasteiger partial charge in [-0.3, -0.25) is 10.1 Å². The van der Waals surface area contributed by atoms with Crippen molar-refractivity contribution in [2.24, 2.45) is 0 Å². The van der Waals surface area contributed by atoms with E-state index in [1.807, 2.05) is 0 Å². The van der Waals surface area contributed by atoms with Crippen molar-refractivity contribution in [2.45, 2.75) is 0 Å². The van der Waals surface area contributed by atoms with Gasteiger partial charge in [-0.15, -0.1) is 0 Å². The third kappa shape index (κ3) is 4.09. The van der Waals surface area contributed by atoms with E-state index in [4.69, 9.17) is 16.3 Å². The maximum absolute atomic E-state index is 12.2. The molecule has 0 radical (unpaired) electrons. The summed E-state index contributed by atoms with van der Waals surface area (Å²) in [5, 5.41) is 11.4. The molecule has 0 atom stereocenters. The highest BCUT2D eigenvalue weighted by molar-refractivity contribution is 9.10. The Bertz CT molecular complexity index is 839. The Morgan fingerprint density at radius 3 is 2.29 bits per heavy atom. The van der Waals surface area contributed by atoms with E-state index < -0.39 is 22.5 Å². The normalized spacial score (nSPS) is 10.1. The zero-order valence-electron chi connectivity index (χ0n) is 12.1. The molecule has 0 N–H and O–H groups in total. The minimum atomic E-state index is -0.869. The Morgan fingerprint density at radius 2 is 1.75 bits per heavy atom. The molecule has 124 valence electrons. The fourth-order valence-electron chi connectivity index (χ4n) is 1.79. The number of nitro benzene ring substituents is 1. The van der Waals surface area contributed by atoms with Crippen LogP contribution in [-0.4, -0.2) is 24.0 Å². The number of benzene rings is 2. The van der Waals surface area contributed by atoms with Crippen molar-refractivity contribution in [3.8, 4) is 5.75 Å². The summed E-state index contributed by atoms with van der Waals surface area (Å²) in [6.07, 6.45) is 0. The second kappa shape index (κ2) is 7.41. The quantitative estimate of drug-likeness (QED) is 0.324. The smallest absolute Gasteiger partial charge is 0.343 e. The number of methoxy groups -OCH3 is 1. The summed E-state index contributed by atoms with van der Waals surface area (Å²) in [6.45, 7) is 0. The van der Waals surface area contributed by atoms with Gasteiger partial charge in [-0.1, -0.05) is 11.6 Å². The van der Waals surface area contributed by atoms with Gasteiger partial charge in [0.25, 0.3) is 5.69 Å². The van der Waals surface area contributed by atoms with Crippen molar-refractivity contribution in [2.75, 3.05) is 7.11 Å². The number of rotatable bonds is 4. The number of hydrogen-bond acceptors (Lipinski definition) is 6. The molecule has 0 bridgehead atoms. The highest BCUT2D eigenvalue weighted by Crippen LogP contribution is 2.29. The molecule has 0 saturated heterocycles. The van der Waals surface area contributed by atoms with E-state index in [9.17, 15) is 19.7 Å². The van der Waals surface area contributed by atoms with Gasteiger partial charge in [-0.05, 0) is 40.2 Å². The van der Waals surface area contributed by atoms with Crippen LogP contribution in [0.2, 0.25) is 5.02 Å². The monoisotopic (exact) mass is 413 g/mol. The molecule has 0 aliphatic rings. The number of esters is 2. The van der Waals surface area contributed by atoms with E-state index in [0.717, 1.165) is 25.3 Å². The number of carbonyl (C=O) groups excluding carboxylic acids is 2. The topological polar surface area (TPSA) is 95.7 Å². The van der Waals surface area contributed by atoms with Gasteiger partial charge in [-0.2, -0.15) is 0 Å². The third-order valence-electron chi connectivity index (χ3n) is 2.88. The van der Waals surface area contributed by atoms with Gasteiger partial charge in [0.2, 0.25) is 0 Å². The molecule has 0 aromatic heterocycles. The van der Waals surface area contributed by atoms with Crippen molar-refractivity contribution in [3.63, 3.8) is 0 Å². The molecule has 0 unspecified atom stereocenters. The second-order valence-electron chi connectivity index (χ2n) is 4.48. The first-order valence-electron chi connectivity index (χ1n) is 6.37. The minimum absolute atomic E-state index is 0.131. The van der Waals surface area contributed by atoms with E-state index >= 15 is 0 Å². The molecule has 0 aliphatic heterocycles. The number of ether oxygens (including phenoxy) is 2. The maximum Gasteiger partial charge on any atom is 0.343 e. The maximum atomic E-state index is 12.2. The lowest BCUT2D eigenvalue weighted by atomic mass is 10.1. The average Bonchev–Trinajstić information content (AvgIpc) is 2.56. The number of nitrogens with zero attached hydrogens (tertiary/aromatic N) is 1. The molecule has 0 fully saturated rings. The lowest BCUT2D eigenvalue weighted by molar-refractivity contribution is -0.384. The molecule has 0 saturated carbocycles. The van der Waals surface area contributed by atoms with Crippen molar-refractivity contribution in [3.05, 3.63) is 67.1 Å². The number of carbonyl (C=O) groups is 2. The molecule has 0 amide bonds. The third-order valence-corrected chi connectivity index (χ3v) is 3.74. The second-order valence-corrected chi connectivity index (χ2v) is 5.77. The van der Waals surface area contributed by atoms with Crippen molar-refractivity contribution < 1.29 is 24.0 Å². The van der Waals surface area contributed by atoms with Crippen LogP contribution in [0.3, 0.4) is 0 Å². The largest absolute Gasteiger partial charge is 0.465 e. The average molecular weight is 415 g/mol. The van der Waals surface area contributed by atoms with Crippen molar-refractivity contribution in [1.29, 1.82) is 0 Å². The molecule has 0 spiro atoms. The summed E-state index contributed by atoms with van der Waals surface area (Å²) in [4.78, 5) is 34.1. The summed E-state index contributed by atoms with van der Waals surface area (Å²) in [6, 6.07) is 7.69. The van der Waals surface area contributed by atoms with Crippen molar-refractivity contribution in [1.82, 2.24) is 0 Å². The van der Waals surface area contributed by atoms with Crippen molar-refractivity contribution >= 4 is 45.2 Å². The van der Waals surface area contributed by atoms with E-state index in [-0.39, 0.29) is 16.9 Å². The summed E-state index contributed by atoms with van der Waals surface area (Å²) >= 11 is 8.99. The number of non-ortho nitro benzene ring substituents is 1. The first-order chi connectivity index (χ1) is 11.3. The molecule has 2 aromatic carbocycles. The van der Waals surface area contributed by atoms with E-state index in [2.05, 4.69) is 20.7 Å². The van der Waals surface area contributed by atoms with Crippen LogP contribution < -0.4 is 4.74 Å². The molecule has 0 heterocycles. The zero-order valence-corrected chi connectivity index (χ0v) is 14.5. The highest BCUT2D eigenvalue weighted by Gasteiger charge is 2.20. The molecule has 0 aliphatic carbocycles. The molecular weight excluding hydrogens is 406 g/mol. The van der Waals surface area contributed by atoms with E-state index in [0.29, 0.717) is 9.50 Å². The van der Waals surface area contributed by atoms with E-state index in [1.54, 1.807) is 0 Å². The van der Waals surface area contributed by atoms with Gasteiger partial charge in [-0.25, -0.2) is 9.59 Å². The predicted molar refractivity (Wildman–Crippen MR) is 88.5 cm³/mol. The minimum Gasteiger partial charge on any atom is -0.465 e. The van der Waals surface area contributed by atoms with Crippen LogP contribution in [0.1, 0.15) is 20.7 Å². The van der Waals surface area contributed by atoms with Crippen LogP contribution in [0.4, 0.5) is 5.69 Å². The summed E-state index contributed by atoms with van der Waals surface area (Å²) < 4.78 is 10.1. The predicted octanol–water partition coefficient (Wildman–Crippen LogP) is 4.02. The Kier molecular flexibility index (Phi) is 5.53. The van der Waals surface area contributed by atoms with E-state index in [1.165, 1.54) is 18.2 Å². The van der Waals surface area contributed by atoms with Crippen LogP contribution >= 0.6 is 27.5 Å². The van der Waals surface area contributed by atoms with Crippen LogP contribution in [0.15, 0.2) is 40.9 Å². The molecule has 7 nitrogen and oxygen atoms in total. The summed E-state index contributed by atoms with van der Waals surface area (Å²) in [5.41, 5.74) is -0.722. The van der Waals surface area contributed by atoms with Gasteiger partial charge in [0, 0.05) is 17.2 Å². The number of halogens is 2. The van der Waals surface area contributed by atoms with Gasteiger partial charge in [0.05, 0.1) is 27.6 Å².